The number of aryl methyl sites for hydroxylation is 2. The average Bonchev–Trinajstić information content (AvgIpc) is 2.87. The van der Waals surface area contributed by atoms with Crippen molar-refractivity contribution in [3.63, 3.8) is 0 Å². The van der Waals surface area contributed by atoms with Gasteiger partial charge in [0, 0.05) is 13.0 Å². The zero-order valence-electron chi connectivity index (χ0n) is 23.4. The van der Waals surface area contributed by atoms with Crippen LogP contribution >= 0.6 is 0 Å². The molecular formula is C29H39N3O7. The van der Waals surface area contributed by atoms with E-state index in [1.54, 1.807) is 32.9 Å². The van der Waals surface area contributed by atoms with Crippen LogP contribution in [0.25, 0.3) is 0 Å². The second-order valence-corrected chi connectivity index (χ2v) is 10.2. The normalized spacial score (nSPS) is 12.6. The van der Waals surface area contributed by atoms with E-state index in [2.05, 4.69) is 15.4 Å². The first kappa shape index (κ1) is 31.3. The highest BCUT2D eigenvalue weighted by atomic mass is 16.6. The summed E-state index contributed by atoms with van der Waals surface area (Å²) in [5.41, 5.74) is 2.33. The number of hydrogen-bond acceptors (Lipinski definition) is 7. The van der Waals surface area contributed by atoms with Gasteiger partial charge in [0.1, 0.15) is 24.2 Å². The lowest BCUT2D eigenvalue weighted by Crippen LogP contribution is -2.54. The molecule has 0 saturated carbocycles. The number of benzene rings is 2. The van der Waals surface area contributed by atoms with Crippen molar-refractivity contribution in [3.05, 3.63) is 70.8 Å². The van der Waals surface area contributed by atoms with E-state index in [-0.39, 0.29) is 13.0 Å². The third-order valence-corrected chi connectivity index (χ3v) is 5.94. The molecule has 2 unspecified atom stereocenters. The number of rotatable bonds is 11. The molecule has 39 heavy (non-hydrogen) atoms. The van der Waals surface area contributed by atoms with Gasteiger partial charge in [0.25, 0.3) is 0 Å². The van der Waals surface area contributed by atoms with E-state index in [9.17, 15) is 24.3 Å². The van der Waals surface area contributed by atoms with Crippen molar-refractivity contribution >= 4 is 23.9 Å². The zero-order chi connectivity index (χ0) is 29.2. The number of nitrogens with one attached hydrogen (secondary N) is 2. The van der Waals surface area contributed by atoms with Gasteiger partial charge in [-0.1, -0.05) is 48.5 Å². The molecule has 0 bridgehead atoms. The van der Waals surface area contributed by atoms with Gasteiger partial charge in [-0.3, -0.25) is 14.4 Å². The molecule has 3 amide bonds. The van der Waals surface area contributed by atoms with Crippen molar-refractivity contribution in [2.24, 2.45) is 0 Å². The number of carbonyl (C=O) groups is 4. The molecule has 2 aromatic carbocycles. The van der Waals surface area contributed by atoms with Gasteiger partial charge < -0.3 is 30.1 Å². The third kappa shape index (κ3) is 9.72. The van der Waals surface area contributed by atoms with Crippen LogP contribution in [0.5, 0.6) is 0 Å². The highest BCUT2D eigenvalue weighted by Gasteiger charge is 2.36. The van der Waals surface area contributed by atoms with Gasteiger partial charge >= 0.3 is 12.1 Å². The van der Waals surface area contributed by atoms with Crippen LogP contribution in [0.1, 0.15) is 49.1 Å². The van der Waals surface area contributed by atoms with Gasteiger partial charge in [-0.25, -0.2) is 4.79 Å². The largest absolute Gasteiger partial charge is 0.468 e. The lowest BCUT2D eigenvalue weighted by molar-refractivity contribution is -0.145. The average molecular weight is 542 g/mol. The van der Waals surface area contributed by atoms with Crippen molar-refractivity contribution in [2.45, 2.75) is 58.7 Å². The van der Waals surface area contributed by atoms with E-state index in [0.29, 0.717) is 5.56 Å². The Balaban J connectivity index is 2.53. The quantitative estimate of drug-likeness (QED) is 0.372. The Labute approximate surface area is 229 Å². The number of alkyl carbamates (subject to hydrolysis) is 1. The second kappa shape index (κ2) is 14.3. The van der Waals surface area contributed by atoms with E-state index in [1.807, 2.05) is 50.2 Å². The molecule has 10 nitrogen and oxygen atoms in total. The first-order valence-electron chi connectivity index (χ1n) is 12.7. The molecule has 0 spiro atoms. The molecule has 10 heteroatoms. The van der Waals surface area contributed by atoms with E-state index < -0.39 is 54.7 Å². The Hall–Kier alpha value is -3.92. The number of nitrogens with zero attached hydrogens (tertiary/aromatic N) is 1. The van der Waals surface area contributed by atoms with Crippen LogP contribution in [0.2, 0.25) is 0 Å². The number of esters is 1. The first-order chi connectivity index (χ1) is 18.4. The fourth-order valence-corrected chi connectivity index (χ4v) is 3.91. The van der Waals surface area contributed by atoms with Crippen molar-refractivity contribution in [1.82, 2.24) is 15.5 Å². The second-order valence-electron chi connectivity index (χ2n) is 10.2. The minimum absolute atomic E-state index is 0.115. The molecule has 2 aromatic rings. The lowest BCUT2D eigenvalue weighted by Gasteiger charge is -2.34. The third-order valence-electron chi connectivity index (χ3n) is 5.94. The maximum atomic E-state index is 14.1. The van der Waals surface area contributed by atoms with Crippen LogP contribution in [0.15, 0.2) is 48.5 Å². The molecular weight excluding hydrogens is 502 g/mol. The van der Waals surface area contributed by atoms with Crippen LogP contribution in [0.3, 0.4) is 0 Å². The molecule has 0 aromatic heterocycles. The van der Waals surface area contributed by atoms with Gasteiger partial charge in [-0.05, 0) is 56.9 Å². The van der Waals surface area contributed by atoms with Gasteiger partial charge in [0.2, 0.25) is 11.8 Å². The molecule has 0 aliphatic rings. The van der Waals surface area contributed by atoms with Crippen LogP contribution in [-0.4, -0.2) is 72.3 Å². The number of hydrogen-bond donors (Lipinski definition) is 3. The van der Waals surface area contributed by atoms with Crippen molar-refractivity contribution in [1.29, 1.82) is 0 Å². The van der Waals surface area contributed by atoms with E-state index in [0.717, 1.165) is 16.7 Å². The minimum Gasteiger partial charge on any atom is -0.468 e. The van der Waals surface area contributed by atoms with Crippen LogP contribution in [0.4, 0.5) is 4.79 Å². The topological polar surface area (TPSA) is 134 Å². The van der Waals surface area contributed by atoms with E-state index >= 15 is 0 Å². The fourth-order valence-electron chi connectivity index (χ4n) is 3.91. The Morgan fingerprint density at radius 2 is 1.67 bits per heavy atom. The number of amides is 3. The summed E-state index contributed by atoms with van der Waals surface area (Å²) in [6.07, 6.45) is -0.678. The Kier molecular flexibility index (Phi) is 11.5. The number of aliphatic hydroxyl groups excluding tert-OH is 1. The summed E-state index contributed by atoms with van der Waals surface area (Å²) < 4.78 is 10.0. The van der Waals surface area contributed by atoms with Crippen LogP contribution in [-0.2, 0) is 30.3 Å². The molecule has 0 heterocycles. The summed E-state index contributed by atoms with van der Waals surface area (Å²) >= 11 is 0. The Morgan fingerprint density at radius 1 is 1.00 bits per heavy atom. The molecule has 0 aliphatic heterocycles. The minimum atomic E-state index is -1.20. The maximum Gasteiger partial charge on any atom is 0.408 e. The molecule has 0 radical (unpaired) electrons. The number of ether oxygens (including phenoxy) is 2. The van der Waals surface area contributed by atoms with E-state index in [1.165, 1.54) is 12.0 Å². The van der Waals surface area contributed by atoms with E-state index in [4.69, 9.17) is 4.74 Å². The monoisotopic (exact) mass is 541 g/mol. The molecule has 2 atom stereocenters. The molecule has 2 rings (SSSR count). The molecule has 212 valence electrons. The van der Waals surface area contributed by atoms with Gasteiger partial charge in [-0.2, -0.15) is 0 Å². The predicted octanol–water partition coefficient (Wildman–Crippen LogP) is 2.59. The zero-order valence-corrected chi connectivity index (χ0v) is 23.4. The number of methoxy groups -OCH3 is 1. The Bertz CT molecular complexity index is 1150. The lowest BCUT2D eigenvalue weighted by atomic mass is 9.97. The summed E-state index contributed by atoms with van der Waals surface area (Å²) in [5, 5.41) is 15.1. The number of aliphatic hydroxyl groups is 1. The van der Waals surface area contributed by atoms with Gasteiger partial charge in [0.15, 0.2) is 0 Å². The van der Waals surface area contributed by atoms with Gasteiger partial charge in [0.05, 0.1) is 13.7 Å². The smallest absolute Gasteiger partial charge is 0.408 e. The van der Waals surface area contributed by atoms with Gasteiger partial charge in [-0.15, -0.1) is 0 Å². The Morgan fingerprint density at radius 3 is 2.23 bits per heavy atom. The SMILES string of the molecule is COC(=O)CNC(=O)C(c1ccc(C)c(C)c1)N(CCO)C(=O)C(Cc1ccccc1)NC(=O)OC(C)(C)C. The summed E-state index contributed by atoms with van der Waals surface area (Å²) in [4.78, 5) is 53.2. The predicted molar refractivity (Wildman–Crippen MR) is 146 cm³/mol. The van der Waals surface area contributed by atoms with Crippen LogP contribution < -0.4 is 10.6 Å². The first-order valence-corrected chi connectivity index (χ1v) is 12.7. The molecule has 0 fully saturated rings. The summed E-state index contributed by atoms with van der Waals surface area (Å²) in [6, 6.07) is 12.1. The number of carbonyl (C=O) groups excluding carboxylic acids is 4. The highest BCUT2D eigenvalue weighted by molar-refractivity contribution is 5.93. The van der Waals surface area contributed by atoms with Crippen LogP contribution in [0, 0.1) is 13.8 Å². The van der Waals surface area contributed by atoms with Crippen molar-refractivity contribution in [3.8, 4) is 0 Å². The molecule has 0 saturated heterocycles. The summed E-state index contributed by atoms with van der Waals surface area (Å²) in [7, 11) is 1.20. The molecule has 3 N–H and O–H groups in total. The fraction of sp³-hybridized carbons (Fsp3) is 0.448. The highest BCUT2D eigenvalue weighted by Crippen LogP contribution is 2.25. The molecule has 0 aliphatic carbocycles. The van der Waals surface area contributed by atoms with Crippen molar-refractivity contribution < 1.29 is 33.8 Å². The van der Waals surface area contributed by atoms with Crippen molar-refractivity contribution in [2.75, 3.05) is 26.8 Å². The standard InChI is InChI=1S/C29H39N3O7/c1-19-12-13-22(16-20(19)2)25(26(35)30-18-24(34)38-6)32(14-15-33)27(36)23(17-21-10-8-7-9-11-21)31-28(37)39-29(3,4)5/h7-13,16,23,25,33H,14-15,17-18H2,1-6H3,(H,30,35)(H,31,37). The summed E-state index contributed by atoms with van der Waals surface area (Å²) in [5.74, 6) is -1.90. The summed E-state index contributed by atoms with van der Waals surface area (Å²) in [6.45, 7) is 7.87. The maximum absolute atomic E-state index is 14.1.